The maximum absolute atomic E-state index is 13.2. The molecular formula is C15H12BrFO. The van der Waals surface area contributed by atoms with Crippen molar-refractivity contribution in [3.63, 3.8) is 0 Å². The standard InChI is InChI=1S/C15H12BrFO/c1-9-6-13(17)7-10(2)14(9)15(18)11-4-3-5-12(16)8-11/h3-8H,1-2H3. The number of hydrogen-bond donors (Lipinski definition) is 0. The summed E-state index contributed by atoms with van der Waals surface area (Å²) in [6.45, 7) is 3.50. The van der Waals surface area contributed by atoms with Gasteiger partial charge in [0.15, 0.2) is 5.78 Å². The Morgan fingerprint density at radius 3 is 2.28 bits per heavy atom. The molecule has 0 heterocycles. The highest BCUT2D eigenvalue weighted by Gasteiger charge is 2.15. The summed E-state index contributed by atoms with van der Waals surface area (Å²) < 4.78 is 14.1. The smallest absolute Gasteiger partial charge is 0.193 e. The zero-order valence-corrected chi connectivity index (χ0v) is 11.7. The Balaban J connectivity index is 2.53. The fourth-order valence-electron chi connectivity index (χ4n) is 2.04. The summed E-state index contributed by atoms with van der Waals surface area (Å²) in [5.74, 6) is -0.387. The molecule has 0 saturated heterocycles. The van der Waals surface area contributed by atoms with Gasteiger partial charge in [0.05, 0.1) is 0 Å². The largest absolute Gasteiger partial charge is 0.289 e. The summed E-state index contributed by atoms with van der Waals surface area (Å²) in [5.41, 5.74) is 2.51. The number of benzene rings is 2. The van der Waals surface area contributed by atoms with Crippen LogP contribution in [0.15, 0.2) is 40.9 Å². The van der Waals surface area contributed by atoms with E-state index >= 15 is 0 Å². The minimum absolute atomic E-state index is 0.0775. The average molecular weight is 307 g/mol. The summed E-state index contributed by atoms with van der Waals surface area (Å²) >= 11 is 3.34. The third-order valence-electron chi connectivity index (χ3n) is 2.81. The van der Waals surface area contributed by atoms with E-state index < -0.39 is 0 Å². The predicted octanol–water partition coefficient (Wildman–Crippen LogP) is 4.44. The molecule has 0 aliphatic carbocycles. The maximum Gasteiger partial charge on any atom is 0.193 e. The van der Waals surface area contributed by atoms with Crippen LogP contribution in [0.3, 0.4) is 0 Å². The van der Waals surface area contributed by atoms with Crippen LogP contribution < -0.4 is 0 Å². The number of hydrogen-bond acceptors (Lipinski definition) is 1. The first-order valence-electron chi connectivity index (χ1n) is 5.56. The normalized spacial score (nSPS) is 10.4. The molecule has 0 saturated carbocycles. The molecule has 0 aliphatic heterocycles. The topological polar surface area (TPSA) is 17.1 Å². The maximum atomic E-state index is 13.2. The minimum Gasteiger partial charge on any atom is -0.289 e. The van der Waals surface area contributed by atoms with E-state index in [1.54, 1.807) is 26.0 Å². The molecule has 0 amide bonds. The van der Waals surface area contributed by atoms with Gasteiger partial charge in [-0.3, -0.25) is 4.79 Å². The number of aryl methyl sites for hydroxylation is 2. The zero-order chi connectivity index (χ0) is 13.3. The molecule has 0 atom stereocenters. The Bertz CT molecular complexity index is 597. The third-order valence-corrected chi connectivity index (χ3v) is 3.30. The molecule has 1 nitrogen and oxygen atoms in total. The van der Waals surface area contributed by atoms with Gasteiger partial charge in [0.25, 0.3) is 0 Å². The van der Waals surface area contributed by atoms with Crippen LogP contribution in [0.25, 0.3) is 0 Å². The number of halogens is 2. The highest BCUT2D eigenvalue weighted by Crippen LogP contribution is 2.21. The van der Waals surface area contributed by atoms with E-state index in [1.807, 2.05) is 12.1 Å². The van der Waals surface area contributed by atoms with Crippen molar-refractivity contribution in [3.8, 4) is 0 Å². The number of ketones is 1. The summed E-state index contributed by atoms with van der Waals surface area (Å²) in [5, 5.41) is 0. The van der Waals surface area contributed by atoms with Crippen molar-refractivity contribution in [2.75, 3.05) is 0 Å². The van der Waals surface area contributed by atoms with Crippen LogP contribution >= 0.6 is 15.9 Å². The fourth-order valence-corrected chi connectivity index (χ4v) is 2.44. The van der Waals surface area contributed by atoms with Crippen LogP contribution in [0.2, 0.25) is 0 Å². The molecule has 2 rings (SSSR count). The van der Waals surface area contributed by atoms with Crippen LogP contribution in [0, 0.1) is 19.7 Å². The number of rotatable bonds is 2. The predicted molar refractivity (Wildman–Crippen MR) is 73.4 cm³/mol. The lowest BCUT2D eigenvalue weighted by molar-refractivity contribution is 0.103. The van der Waals surface area contributed by atoms with Crippen molar-refractivity contribution in [2.45, 2.75) is 13.8 Å². The van der Waals surface area contributed by atoms with Crippen LogP contribution in [0.5, 0.6) is 0 Å². The SMILES string of the molecule is Cc1cc(F)cc(C)c1C(=O)c1cccc(Br)c1. The molecule has 0 N–H and O–H groups in total. The molecule has 0 radical (unpaired) electrons. The van der Waals surface area contributed by atoms with E-state index in [1.165, 1.54) is 12.1 Å². The van der Waals surface area contributed by atoms with Crippen molar-refractivity contribution < 1.29 is 9.18 Å². The van der Waals surface area contributed by atoms with Crippen LogP contribution in [0.1, 0.15) is 27.0 Å². The number of carbonyl (C=O) groups is 1. The Labute approximate surface area is 114 Å². The molecular weight excluding hydrogens is 295 g/mol. The van der Waals surface area contributed by atoms with Gasteiger partial charge in [0.2, 0.25) is 0 Å². The molecule has 92 valence electrons. The second-order valence-corrected chi connectivity index (χ2v) is 5.17. The first-order valence-corrected chi connectivity index (χ1v) is 6.35. The molecule has 3 heteroatoms. The van der Waals surface area contributed by atoms with Gasteiger partial charge < -0.3 is 0 Å². The first kappa shape index (κ1) is 13.0. The number of carbonyl (C=O) groups excluding carboxylic acids is 1. The minimum atomic E-state index is -0.309. The second kappa shape index (κ2) is 5.02. The van der Waals surface area contributed by atoms with Crippen LogP contribution in [0.4, 0.5) is 4.39 Å². The quantitative estimate of drug-likeness (QED) is 0.750. The van der Waals surface area contributed by atoms with Gasteiger partial charge in [0.1, 0.15) is 5.82 Å². The highest BCUT2D eigenvalue weighted by atomic mass is 79.9. The van der Waals surface area contributed by atoms with Crippen molar-refractivity contribution in [3.05, 3.63) is 68.9 Å². The fraction of sp³-hybridized carbons (Fsp3) is 0.133. The molecule has 0 unspecified atom stereocenters. The molecule has 0 aromatic heterocycles. The van der Waals surface area contributed by atoms with Crippen LogP contribution in [-0.4, -0.2) is 5.78 Å². The van der Waals surface area contributed by atoms with E-state index in [4.69, 9.17) is 0 Å². The van der Waals surface area contributed by atoms with Crippen molar-refractivity contribution in [1.82, 2.24) is 0 Å². The Kier molecular flexibility index (Phi) is 3.62. The van der Waals surface area contributed by atoms with Gasteiger partial charge in [-0.1, -0.05) is 28.1 Å². The third kappa shape index (κ3) is 2.51. The molecule has 2 aromatic rings. The zero-order valence-electron chi connectivity index (χ0n) is 10.1. The van der Waals surface area contributed by atoms with Gasteiger partial charge >= 0.3 is 0 Å². The van der Waals surface area contributed by atoms with E-state index in [9.17, 15) is 9.18 Å². The van der Waals surface area contributed by atoms with E-state index in [0.29, 0.717) is 22.3 Å². The van der Waals surface area contributed by atoms with Gasteiger partial charge in [-0.25, -0.2) is 4.39 Å². The van der Waals surface area contributed by atoms with E-state index in [-0.39, 0.29) is 11.6 Å². The van der Waals surface area contributed by atoms with Gasteiger partial charge in [-0.05, 0) is 49.2 Å². The van der Waals surface area contributed by atoms with Crippen molar-refractivity contribution in [1.29, 1.82) is 0 Å². The second-order valence-electron chi connectivity index (χ2n) is 4.25. The Hall–Kier alpha value is -1.48. The van der Waals surface area contributed by atoms with Gasteiger partial charge in [0, 0.05) is 15.6 Å². The van der Waals surface area contributed by atoms with E-state index in [2.05, 4.69) is 15.9 Å². The van der Waals surface area contributed by atoms with Crippen LogP contribution in [-0.2, 0) is 0 Å². The summed E-state index contributed by atoms with van der Waals surface area (Å²) in [6.07, 6.45) is 0. The van der Waals surface area contributed by atoms with Crippen molar-refractivity contribution >= 4 is 21.7 Å². The molecule has 2 aromatic carbocycles. The first-order chi connectivity index (χ1) is 8.49. The average Bonchev–Trinajstić information content (AvgIpc) is 2.27. The Morgan fingerprint density at radius 1 is 1.11 bits per heavy atom. The monoisotopic (exact) mass is 306 g/mol. The molecule has 0 spiro atoms. The molecule has 18 heavy (non-hydrogen) atoms. The van der Waals surface area contributed by atoms with Gasteiger partial charge in [-0.15, -0.1) is 0 Å². The molecule has 0 bridgehead atoms. The molecule has 0 fully saturated rings. The lowest BCUT2D eigenvalue weighted by atomic mass is 9.95. The summed E-state index contributed by atoms with van der Waals surface area (Å²) in [6, 6.07) is 9.98. The van der Waals surface area contributed by atoms with Gasteiger partial charge in [-0.2, -0.15) is 0 Å². The Morgan fingerprint density at radius 2 is 1.72 bits per heavy atom. The lowest BCUT2D eigenvalue weighted by Crippen LogP contribution is -2.07. The lowest BCUT2D eigenvalue weighted by Gasteiger charge is -2.09. The highest BCUT2D eigenvalue weighted by molar-refractivity contribution is 9.10. The summed E-state index contributed by atoms with van der Waals surface area (Å²) in [7, 11) is 0. The summed E-state index contributed by atoms with van der Waals surface area (Å²) in [4.78, 5) is 12.4. The van der Waals surface area contributed by atoms with Crippen molar-refractivity contribution in [2.24, 2.45) is 0 Å². The molecule has 0 aliphatic rings. The van der Waals surface area contributed by atoms with E-state index in [0.717, 1.165) is 4.47 Å².